The van der Waals surface area contributed by atoms with Gasteiger partial charge in [-0.1, -0.05) is 0 Å². The third-order valence-electron chi connectivity index (χ3n) is 2.49. The molecule has 1 heterocycles. The molecule has 19 heavy (non-hydrogen) atoms. The number of carboxylic acids is 1. The summed E-state index contributed by atoms with van der Waals surface area (Å²) in [4.78, 5) is 23.0. The lowest BCUT2D eigenvalue weighted by Gasteiger charge is -2.08. The zero-order chi connectivity index (χ0) is 14.0. The second kappa shape index (κ2) is 4.81. The third-order valence-corrected chi connectivity index (χ3v) is 2.49. The van der Waals surface area contributed by atoms with Crippen molar-refractivity contribution in [1.82, 2.24) is 9.78 Å². The van der Waals surface area contributed by atoms with E-state index in [9.17, 15) is 9.59 Å². The Bertz CT molecular complexity index is 648. The van der Waals surface area contributed by atoms with Crippen molar-refractivity contribution in [3.63, 3.8) is 0 Å². The van der Waals surface area contributed by atoms with Gasteiger partial charge in [-0.15, -0.1) is 0 Å². The minimum Gasteiger partial charge on any atom is -0.478 e. The summed E-state index contributed by atoms with van der Waals surface area (Å²) in [5, 5.41) is 15.4. The maximum absolute atomic E-state index is 11.9. The Labute approximate surface area is 108 Å². The topological polar surface area (TPSA) is 110 Å². The summed E-state index contributed by atoms with van der Waals surface area (Å²) in [7, 11) is 1.68. The number of aryl methyl sites for hydroxylation is 1. The molecular formula is C12H12N4O3. The Morgan fingerprint density at radius 1 is 1.42 bits per heavy atom. The molecule has 2 rings (SSSR count). The van der Waals surface area contributed by atoms with E-state index in [1.54, 1.807) is 7.05 Å². The molecule has 0 aliphatic heterocycles. The van der Waals surface area contributed by atoms with E-state index in [0.29, 0.717) is 11.3 Å². The van der Waals surface area contributed by atoms with E-state index in [2.05, 4.69) is 10.4 Å². The molecule has 0 atom stereocenters. The van der Waals surface area contributed by atoms with Crippen LogP contribution in [0.3, 0.4) is 0 Å². The number of nitrogens with two attached hydrogens (primary N) is 1. The smallest absolute Gasteiger partial charge is 0.337 e. The van der Waals surface area contributed by atoms with Gasteiger partial charge in [0.1, 0.15) is 0 Å². The molecule has 0 aliphatic rings. The van der Waals surface area contributed by atoms with Gasteiger partial charge in [-0.05, 0) is 18.2 Å². The van der Waals surface area contributed by atoms with Crippen LogP contribution in [0, 0.1) is 0 Å². The van der Waals surface area contributed by atoms with Gasteiger partial charge in [0.15, 0.2) is 0 Å². The van der Waals surface area contributed by atoms with Crippen molar-refractivity contribution < 1.29 is 14.7 Å². The molecule has 0 bridgehead atoms. The number of aromatic carboxylic acids is 1. The van der Waals surface area contributed by atoms with Crippen LogP contribution in [0.5, 0.6) is 0 Å². The Hall–Kier alpha value is -2.83. The van der Waals surface area contributed by atoms with E-state index in [4.69, 9.17) is 10.8 Å². The van der Waals surface area contributed by atoms with Gasteiger partial charge in [0, 0.05) is 18.9 Å². The van der Waals surface area contributed by atoms with Crippen LogP contribution < -0.4 is 11.1 Å². The van der Waals surface area contributed by atoms with Gasteiger partial charge in [0.25, 0.3) is 5.91 Å². The monoisotopic (exact) mass is 260 g/mol. The lowest BCUT2D eigenvalue weighted by atomic mass is 10.1. The highest BCUT2D eigenvalue weighted by molar-refractivity contribution is 6.07. The molecule has 2 aromatic rings. The third kappa shape index (κ3) is 2.71. The highest BCUT2D eigenvalue weighted by atomic mass is 16.4. The largest absolute Gasteiger partial charge is 0.478 e. The SMILES string of the molecule is Cn1cc(C(=O)Nc2cc(N)ccc2C(=O)O)cn1. The van der Waals surface area contributed by atoms with Crippen LogP contribution in [0.15, 0.2) is 30.6 Å². The number of hydrogen-bond donors (Lipinski definition) is 3. The molecule has 7 heteroatoms. The van der Waals surface area contributed by atoms with Crippen molar-refractivity contribution in [3.05, 3.63) is 41.7 Å². The Morgan fingerprint density at radius 2 is 2.16 bits per heavy atom. The molecule has 4 N–H and O–H groups in total. The molecule has 0 fully saturated rings. The van der Waals surface area contributed by atoms with Crippen LogP contribution in [-0.4, -0.2) is 26.8 Å². The fourth-order valence-electron chi connectivity index (χ4n) is 1.58. The van der Waals surface area contributed by atoms with Gasteiger partial charge >= 0.3 is 5.97 Å². The number of rotatable bonds is 3. The number of benzene rings is 1. The highest BCUT2D eigenvalue weighted by Gasteiger charge is 2.14. The van der Waals surface area contributed by atoms with Crippen LogP contribution in [-0.2, 0) is 7.05 Å². The molecule has 1 aromatic heterocycles. The first-order valence-corrected chi connectivity index (χ1v) is 5.40. The molecule has 0 radical (unpaired) electrons. The summed E-state index contributed by atoms with van der Waals surface area (Å²) >= 11 is 0. The number of aromatic nitrogens is 2. The molecule has 0 unspecified atom stereocenters. The summed E-state index contributed by atoms with van der Waals surface area (Å²) in [6, 6.07) is 4.21. The summed E-state index contributed by atoms with van der Waals surface area (Å²) in [6.45, 7) is 0. The molecule has 0 aliphatic carbocycles. The molecule has 0 spiro atoms. The maximum atomic E-state index is 11.9. The molecule has 7 nitrogen and oxygen atoms in total. The first kappa shape index (κ1) is 12.6. The number of carboxylic acid groups (broad SMARTS) is 1. The predicted molar refractivity (Wildman–Crippen MR) is 69.0 cm³/mol. The number of carbonyl (C=O) groups excluding carboxylic acids is 1. The summed E-state index contributed by atoms with van der Waals surface area (Å²) in [5.41, 5.74) is 6.42. The molecule has 98 valence electrons. The zero-order valence-electron chi connectivity index (χ0n) is 10.1. The summed E-state index contributed by atoms with van der Waals surface area (Å²) < 4.78 is 1.48. The lowest BCUT2D eigenvalue weighted by Crippen LogP contribution is -2.14. The van der Waals surface area contributed by atoms with Crippen LogP contribution in [0.2, 0.25) is 0 Å². The van der Waals surface area contributed by atoms with E-state index in [1.165, 1.54) is 35.3 Å². The van der Waals surface area contributed by atoms with Gasteiger partial charge in [0.05, 0.1) is 23.0 Å². The van der Waals surface area contributed by atoms with E-state index < -0.39 is 11.9 Å². The van der Waals surface area contributed by atoms with E-state index in [-0.39, 0.29) is 11.3 Å². The average molecular weight is 260 g/mol. The molecule has 1 aromatic carbocycles. The number of amides is 1. The van der Waals surface area contributed by atoms with Gasteiger partial charge in [-0.3, -0.25) is 9.48 Å². The van der Waals surface area contributed by atoms with E-state index >= 15 is 0 Å². The summed E-state index contributed by atoms with van der Waals surface area (Å²) in [6.07, 6.45) is 2.92. The van der Waals surface area contributed by atoms with Crippen LogP contribution in [0.25, 0.3) is 0 Å². The highest BCUT2D eigenvalue weighted by Crippen LogP contribution is 2.20. The molecule has 0 saturated carbocycles. The van der Waals surface area contributed by atoms with Crippen molar-refractivity contribution in [3.8, 4) is 0 Å². The quantitative estimate of drug-likeness (QED) is 0.712. The van der Waals surface area contributed by atoms with Crippen LogP contribution in [0.4, 0.5) is 11.4 Å². The second-order valence-corrected chi connectivity index (χ2v) is 3.97. The van der Waals surface area contributed by atoms with Crippen molar-refractivity contribution in [2.75, 3.05) is 11.1 Å². The number of nitrogens with zero attached hydrogens (tertiary/aromatic N) is 2. The average Bonchev–Trinajstić information content (AvgIpc) is 2.75. The number of nitrogens with one attached hydrogen (secondary N) is 1. The predicted octanol–water partition coefficient (Wildman–Crippen LogP) is 0.953. The number of nitrogen functional groups attached to an aromatic ring is 1. The minimum absolute atomic E-state index is 0.0218. The minimum atomic E-state index is -1.14. The lowest BCUT2D eigenvalue weighted by molar-refractivity contribution is 0.0698. The van der Waals surface area contributed by atoms with Crippen LogP contribution in [0.1, 0.15) is 20.7 Å². The number of carbonyl (C=O) groups is 2. The normalized spacial score (nSPS) is 10.2. The van der Waals surface area contributed by atoms with E-state index in [1.807, 2.05) is 0 Å². The summed E-state index contributed by atoms with van der Waals surface area (Å²) in [5.74, 6) is -1.58. The zero-order valence-corrected chi connectivity index (χ0v) is 10.1. The Balaban J connectivity index is 2.30. The van der Waals surface area contributed by atoms with Crippen molar-refractivity contribution >= 4 is 23.3 Å². The van der Waals surface area contributed by atoms with Gasteiger partial charge in [-0.25, -0.2) is 4.79 Å². The van der Waals surface area contributed by atoms with E-state index in [0.717, 1.165) is 0 Å². The number of anilines is 2. The van der Waals surface area contributed by atoms with Crippen LogP contribution >= 0.6 is 0 Å². The van der Waals surface area contributed by atoms with Crippen molar-refractivity contribution in [2.24, 2.45) is 7.05 Å². The second-order valence-electron chi connectivity index (χ2n) is 3.97. The first-order chi connectivity index (χ1) is 8.97. The van der Waals surface area contributed by atoms with Crippen molar-refractivity contribution in [2.45, 2.75) is 0 Å². The van der Waals surface area contributed by atoms with Gasteiger partial charge < -0.3 is 16.2 Å². The van der Waals surface area contributed by atoms with Gasteiger partial charge in [-0.2, -0.15) is 5.10 Å². The first-order valence-electron chi connectivity index (χ1n) is 5.40. The molecule has 0 saturated heterocycles. The Morgan fingerprint density at radius 3 is 2.74 bits per heavy atom. The maximum Gasteiger partial charge on any atom is 0.337 e. The van der Waals surface area contributed by atoms with Gasteiger partial charge in [0.2, 0.25) is 0 Å². The Kier molecular flexibility index (Phi) is 3.19. The molecule has 1 amide bonds. The molecular weight excluding hydrogens is 248 g/mol. The fraction of sp³-hybridized carbons (Fsp3) is 0.0833. The standard InChI is InChI=1S/C12H12N4O3/c1-16-6-7(5-14-16)11(17)15-10-4-8(13)2-3-9(10)12(18)19/h2-6H,13H2,1H3,(H,15,17)(H,18,19). The van der Waals surface area contributed by atoms with Crippen molar-refractivity contribution in [1.29, 1.82) is 0 Å². The number of hydrogen-bond acceptors (Lipinski definition) is 4. The fourth-order valence-corrected chi connectivity index (χ4v) is 1.58.